The lowest BCUT2D eigenvalue weighted by atomic mass is 10.0. The number of methoxy groups -OCH3 is 1. The third-order valence-corrected chi connectivity index (χ3v) is 2.64. The number of ether oxygens (including phenoxy) is 1. The molecule has 0 aliphatic carbocycles. The van der Waals surface area contributed by atoms with E-state index >= 15 is 0 Å². The van der Waals surface area contributed by atoms with Crippen molar-refractivity contribution < 1.29 is 14.3 Å². The van der Waals surface area contributed by atoms with Crippen molar-refractivity contribution >= 4 is 11.9 Å². The van der Waals surface area contributed by atoms with Gasteiger partial charge in [-0.2, -0.15) is 0 Å². The molecule has 0 aromatic carbocycles. The minimum Gasteiger partial charge on any atom is -0.467 e. The maximum absolute atomic E-state index is 11.7. The third-order valence-electron chi connectivity index (χ3n) is 2.64. The van der Waals surface area contributed by atoms with Crippen molar-refractivity contribution in [3.8, 4) is 0 Å². The van der Waals surface area contributed by atoms with Crippen LogP contribution >= 0.6 is 0 Å². The van der Waals surface area contributed by atoms with Crippen LogP contribution in [0.2, 0.25) is 0 Å². The van der Waals surface area contributed by atoms with E-state index in [1.54, 1.807) is 0 Å². The van der Waals surface area contributed by atoms with Crippen LogP contribution in [-0.2, 0) is 14.3 Å². The first-order valence-corrected chi connectivity index (χ1v) is 6.58. The van der Waals surface area contributed by atoms with Crippen molar-refractivity contribution in [1.82, 2.24) is 5.32 Å². The second-order valence-corrected chi connectivity index (χ2v) is 4.87. The Morgan fingerprint density at radius 3 is 2.39 bits per heavy atom. The van der Waals surface area contributed by atoms with Crippen LogP contribution in [0.15, 0.2) is 0 Å². The lowest BCUT2D eigenvalue weighted by Gasteiger charge is -2.18. The Kier molecular flexibility index (Phi) is 9.28. The topological polar surface area (TPSA) is 81.4 Å². The van der Waals surface area contributed by atoms with Gasteiger partial charge in [-0.05, 0) is 31.7 Å². The Hall–Kier alpha value is -1.10. The fourth-order valence-electron chi connectivity index (χ4n) is 1.70. The lowest BCUT2D eigenvalue weighted by Crippen LogP contribution is -2.42. The lowest BCUT2D eigenvalue weighted by molar-refractivity contribution is -0.145. The van der Waals surface area contributed by atoms with Crippen molar-refractivity contribution in [1.29, 1.82) is 0 Å². The monoisotopic (exact) mass is 258 g/mol. The van der Waals surface area contributed by atoms with Crippen LogP contribution in [0.3, 0.4) is 0 Å². The van der Waals surface area contributed by atoms with E-state index in [2.05, 4.69) is 10.1 Å². The van der Waals surface area contributed by atoms with Crippen molar-refractivity contribution in [3.05, 3.63) is 0 Å². The molecule has 0 saturated heterocycles. The SMILES string of the molecule is COC(=O)C(CC(C)C)NC(=O)CCCCCN. The van der Waals surface area contributed by atoms with Gasteiger partial charge in [0.15, 0.2) is 0 Å². The zero-order chi connectivity index (χ0) is 14.0. The molecule has 3 N–H and O–H groups in total. The van der Waals surface area contributed by atoms with Crippen molar-refractivity contribution in [2.75, 3.05) is 13.7 Å². The van der Waals surface area contributed by atoms with Crippen LogP contribution in [-0.4, -0.2) is 31.6 Å². The van der Waals surface area contributed by atoms with Crippen LogP contribution in [0.1, 0.15) is 46.0 Å². The molecule has 18 heavy (non-hydrogen) atoms. The van der Waals surface area contributed by atoms with Crippen LogP contribution in [0.4, 0.5) is 0 Å². The average molecular weight is 258 g/mol. The number of carbonyl (C=O) groups excluding carboxylic acids is 2. The van der Waals surface area contributed by atoms with E-state index in [-0.39, 0.29) is 11.9 Å². The van der Waals surface area contributed by atoms with Crippen LogP contribution < -0.4 is 11.1 Å². The molecule has 0 aliphatic rings. The van der Waals surface area contributed by atoms with Gasteiger partial charge in [0, 0.05) is 6.42 Å². The van der Waals surface area contributed by atoms with Gasteiger partial charge in [-0.1, -0.05) is 20.3 Å². The van der Waals surface area contributed by atoms with Crippen LogP contribution in [0.5, 0.6) is 0 Å². The molecule has 106 valence electrons. The zero-order valence-electron chi connectivity index (χ0n) is 11.7. The number of nitrogens with two attached hydrogens (primary N) is 1. The van der Waals surface area contributed by atoms with Gasteiger partial charge in [0.1, 0.15) is 6.04 Å². The molecule has 1 atom stereocenters. The maximum Gasteiger partial charge on any atom is 0.328 e. The molecule has 0 rings (SSSR count). The van der Waals surface area contributed by atoms with Gasteiger partial charge < -0.3 is 15.8 Å². The highest BCUT2D eigenvalue weighted by Crippen LogP contribution is 2.07. The van der Waals surface area contributed by atoms with E-state index in [4.69, 9.17) is 5.73 Å². The summed E-state index contributed by atoms with van der Waals surface area (Å²) in [6.07, 6.45) is 3.71. The number of hydrogen-bond acceptors (Lipinski definition) is 4. The quantitative estimate of drug-likeness (QED) is 0.481. The maximum atomic E-state index is 11.7. The second kappa shape index (κ2) is 9.88. The van der Waals surface area contributed by atoms with E-state index in [0.717, 1.165) is 19.3 Å². The molecule has 0 saturated carbocycles. The molecule has 5 nitrogen and oxygen atoms in total. The van der Waals surface area contributed by atoms with Crippen molar-refractivity contribution in [3.63, 3.8) is 0 Å². The predicted octanol–water partition coefficient (Wildman–Crippen LogP) is 1.21. The molecule has 0 bridgehead atoms. The smallest absolute Gasteiger partial charge is 0.328 e. The predicted molar refractivity (Wildman–Crippen MR) is 70.9 cm³/mol. The summed E-state index contributed by atoms with van der Waals surface area (Å²) in [6, 6.07) is -0.531. The molecular formula is C13H26N2O3. The highest BCUT2D eigenvalue weighted by molar-refractivity contribution is 5.84. The summed E-state index contributed by atoms with van der Waals surface area (Å²) < 4.78 is 4.69. The first-order chi connectivity index (χ1) is 8.51. The molecule has 0 radical (unpaired) electrons. The molecule has 0 aliphatic heterocycles. The number of hydrogen-bond donors (Lipinski definition) is 2. The number of unbranched alkanes of at least 4 members (excludes halogenated alkanes) is 2. The molecule has 0 fully saturated rings. The fraction of sp³-hybridized carbons (Fsp3) is 0.846. The summed E-state index contributed by atoms with van der Waals surface area (Å²) in [7, 11) is 1.34. The van der Waals surface area contributed by atoms with E-state index in [1.807, 2.05) is 13.8 Å². The summed E-state index contributed by atoms with van der Waals surface area (Å²) in [6.45, 7) is 4.66. The minimum absolute atomic E-state index is 0.0944. The molecule has 1 unspecified atom stereocenters. The van der Waals surface area contributed by atoms with E-state index in [1.165, 1.54) is 7.11 Å². The number of amides is 1. The summed E-state index contributed by atoms with van der Waals surface area (Å²) in [4.78, 5) is 23.2. The van der Waals surface area contributed by atoms with Gasteiger partial charge >= 0.3 is 5.97 Å². The van der Waals surface area contributed by atoms with Crippen LogP contribution in [0, 0.1) is 5.92 Å². The largest absolute Gasteiger partial charge is 0.467 e. The number of carbonyl (C=O) groups is 2. The molecule has 0 aromatic rings. The summed E-state index contributed by atoms with van der Waals surface area (Å²) in [5, 5.41) is 2.73. The molecule has 0 aromatic heterocycles. The molecular weight excluding hydrogens is 232 g/mol. The Bertz CT molecular complexity index is 255. The Morgan fingerprint density at radius 1 is 1.22 bits per heavy atom. The average Bonchev–Trinajstić information content (AvgIpc) is 2.32. The van der Waals surface area contributed by atoms with Gasteiger partial charge in [0.2, 0.25) is 5.91 Å². The van der Waals surface area contributed by atoms with Gasteiger partial charge in [-0.25, -0.2) is 4.79 Å². The Balaban J connectivity index is 4.06. The molecule has 0 spiro atoms. The van der Waals surface area contributed by atoms with Crippen LogP contribution in [0.25, 0.3) is 0 Å². The minimum atomic E-state index is -0.531. The van der Waals surface area contributed by atoms with Gasteiger partial charge in [0.05, 0.1) is 7.11 Å². The number of nitrogens with one attached hydrogen (secondary N) is 1. The second-order valence-electron chi connectivity index (χ2n) is 4.87. The van der Waals surface area contributed by atoms with E-state index < -0.39 is 6.04 Å². The standard InChI is InChI=1S/C13H26N2O3/c1-10(2)9-11(13(17)18-3)15-12(16)7-5-4-6-8-14/h10-11H,4-9,14H2,1-3H3,(H,15,16). The number of esters is 1. The summed E-state index contributed by atoms with van der Waals surface area (Å²) >= 11 is 0. The fourth-order valence-corrected chi connectivity index (χ4v) is 1.70. The zero-order valence-corrected chi connectivity index (χ0v) is 11.7. The van der Waals surface area contributed by atoms with Crippen molar-refractivity contribution in [2.45, 2.75) is 52.0 Å². The Labute approximate surface area is 109 Å². The third kappa shape index (κ3) is 8.06. The summed E-state index contributed by atoms with van der Waals surface area (Å²) in [5.41, 5.74) is 5.38. The van der Waals surface area contributed by atoms with E-state index in [9.17, 15) is 9.59 Å². The number of rotatable bonds is 9. The Morgan fingerprint density at radius 2 is 1.89 bits per heavy atom. The van der Waals surface area contributed by atoms with Gasteiger partial charge in [-0.15, -0.1) is 0 Å². The molecule has 5 heteroatoms. The van der Waals surface area contributed by atoms with Crippen molar-refractivity contribution in [2.24, 2.45) is 11.7 Å². The van der Waals surface area contributed by atoms with Gasteiger partial charge in [0.25, 0.3) is 0 Å². The van der Waals surface area contributed by atoms with E-state index in [0.29, 0.717) is 25.3 Å². The highest BCUT2D eigenvalue weighted by Gasteiger charge is 2.22. The first-order valence-electron chi connectivity index (χ1n) is 6.58. The first kappa shape index (κ1) is 16.9. The molecule has 1 amide bonds. The van der Waals surface area contributed by atoms with Gasteiger partial charge in [-0.3, -0.25) is 4.79 Å². The highest BCUT2D eigenvalue weighted by atomic mass is 16.5. The summed E-state index contributed by atoms with van der Waals surface area (Å²) in [5.74, 6) is -0.145. The molecule has 0 heterocycles. The normalized spacial score (nSPS) is 12.3.